The van der Waals surface area contributed by atoms with Crippen molar-refractivity contribution in [1.82, 2.24) is 0 Å². The summed E-state index contributed by atoms with van der Waals surface area (Å²) >= 11 is 6.63. The third-order valence-electron chi connectivity index (χ3n) is 8.26. The average Bonchev–Trinajstić information content (AvgIpc) is 2.98. The van der Waals surface area contributed by atoms with Crippen molar-refractivity contribution >= 4 is 45.7 Å². The van der Waals surface area contributed by atoms with Crippen LogP contribution in [0.3, 0.4) is 0 Å². The van der Waals surface area contributed by atoms with E-state index in [0.717, 1.165) is 44.7 Å². The van der Waals surface area contributed by atoms with Crippen LogP contribution >= 0.6 is 11.6 Å². The van der Waals surface area contributed by atoms with E-state index >= 15 is 0 Å². The van der Waals surface area contributed by atoms with E-state index in [2.05, 4.69) is 168 Å². The van der Waals surface area contributed by atoms with Crippen LogP contribution in [-0.4, -0.2) is 0 Å². The van der Waals surface area contributed by atoms with Gasteiger partial charge in [0.15, 0.2) is 0 Å². The molecule has 0 radical (unpaired) electrons. The van der Waals surface area contributed by atoms with Gasteiger partial charge < -0.3 is 9.80 Å². The van der Waals surface area contributed by atoms with Gasteiger partial charge in [-0.1, -0.05) is 103 Å². The second-order valence-electron chi connectivity index (χ2n) is 13.5. The zero-order valence-corrected chi connectivity index (χ0v) is 28.2. The number of benzene rings is 5. The molecule has 5 aromatic carbocycles. The van der Waals surface area contributed by atoms with Crippen LogP contribution in [-0.2, 0) is 5.41 Å². The van der Waals surface area contributed by atoms with E-state index in [1.165, 1.54) is 16.7 Å². The Kier molecular flexibility index (Phi) is 9.23. The number of aryl methyl sites for hydroxylation is 1. The predicted octanol–water partition coefficient (Wildman–Crippen LogP) is 13.1. The molecule has 5 aromatic rings. The first kappa shape index (κ1) is 31.4. The predicted molar refractivity (Wildman–Crippen MR) is 192 cm³/mol. The lowest BCUT2D eigenvalue weighted by Gasteiger charge is -2.30. The second kappa shape index (κ2) is 12.9. The van der Waals surface area contributed by atoms with Gasteiger partial charge in [0.1, 0.15) is 0 Å². The van der Waals surface area contributed by atoms with Crippen molar-refractivity contribution in [2.45, 2.75) is 72.6 Å². The Morgan fingerprint density at radius 3 is 1.34 bits per heavy atom. The summed E-state index contributed by atoms with van der Waals surface area (Å²) in [6.07, 6.45) is 0. The third-order valence-corrected chi connectivity index (χ3v) is 8.48. The minimum atomic E-state index is 0.0760. The molecule has 0 saturated heterocycles. The fourth-order valence-electron chi connectivity index (χ4n) is 5.64. The summed E-state index contributed by atoms with van der Waals surface area (Å²) in [5.41, 5.74) is 11.7. The highest BCUT2D eigenvalue weighted by atomic mass is 35.5. The van der Waals surface area contributed by atoms with E-state index in [1.807, 2.05) is 12.1 Å². The Morgan fingerprint density at radius 2 is 0.932 bits per heavy atom. The van der Waals surface area contributed by atoms with Gasteiger partial charge in [0, 0.05) is 39.1 Å². The number of anilines is 6. The maximum atomic E-state index is 6.63. The number of halogens is 1. The van der Waals surface area contributed by atoms with Crippen LogP contribution in [0, 0.1) is 6.92 Å². The van der Waals surface area contributed by atoms with E-state index < -0.39 is 0 Å². The first-order valence-electron chi connectivity index (χ1n) is 15.7. The fourth-order valence-corrected chi connectivity index (χ4v) is 5.92. The maximum absolute atomic E-state index is 6.63. The molecule has 5 rings (SSSR count). The van der Waals surface area contributed by atoms with Crippen molar-refractivity contribution in [1.29, 1.82) is 0 Å². The van der Waals surface area contributed by atoms with Crippen molar-refractivity contribution in [3.05, 3.63) is 143 Å². The minimum Gasteiger partial charge on any atom is -0.310 e. The van der Waals surface area contributed by atoms with Crippen LogP contribution < -0.4 is 9.80 Å². The summed E-state index contributed by atoms with van der Waals surface area (Å²) in [6, 6.07) is 41.9. The summed E-state index contributed by atoms with van der Waals surface area (Å²) in [6.45, 7) is 17.8. The molecule has 0 aliphatic rings. The molecule has 0 atom stereocenters. The van der Waals surface area contributed by atoms with Crippen LogP contribution in [0.25, 0.3) is 0 Å². The molecule has 0 fully saturated rings. The summed E-state index contributed by atoms with van der Waals surface area (Å²) in [7, 11) is 0. The number of hydrogen-bond acceptors (Lipinski definition) is 2. The normalized spacial score (nSPS) is 11.7. The number of hydrogen-bond donors (Lipinski definition) is 0. The standard InChI is InChI=1S/C41H45ClN2/c1-28(2)31-12-18-35(19-13-31)43(36-20-14-32(15-21-36)29(3)4)38-10-9-11-39(27-38)44(40-25-30(5)24-34(42)26-40)37-22-16-33(17-23-37)41(6,7)8/h9-29H,1-8H3. The molecule has 0 aliphatic carbocycles. The molecule has 44 heavy (non-hydrogen) atoms. The quantitative estimate of drug-likeness (QED) is 0.175. The molecule has 0 unspecified atom stereocenters. The first-order chi connectivity index (χ1) is 20.9. The molecule has 0 aliphatic heterocycles. The van der Waals surface area contributed by atoms with Gasteiger partial charge in [-0.15, -0.1) is 0 Å². The first-order valence-corrected chi connectivity index (χ1v) is 16.1. The lowest BCUT2D eigenvalue weighted by atomic mass is 9.87. The molecule has 0 amide bonds. The zero-order chi connectivity index (χ0) is 31.6. The highest BCUT2D eigenvalue weighted by Crippen LogP contribution is 2.42. The van der Waals surface area contributed by atoms with Crippen molar-refractivity contribution in [3.63, 3.8) is 0 Å². The molecule has 0 aromatic heterocycles. The van der Waals surface area contributed by atoms with Gasteiger partial charge in [-0.2, -0.15) is 0 Å². The molecule has 0 bridgehead atoms. The van der Waals surface area contributed by atoms with E-state index in [1.54, 1.807) is 0 Å². The van der Waals surface area contributed by atoms with Gasteiger partial charge in [0.05, 0.1) is 0 Å². The molecular weight excluding hydrogens is 556 g/mol. The topological polar surface area (TPSA) is 6.48 Å². The van der Waals surface area contributed by atoms with Crippen molar-refractivity contribution in [3.8, 4) is 0 Å². The highest BCUT2D eigenvalue weighted by Gasteiger charge is 2.20. The zero-order valence-electron chi connectivity index (χ0n) is 27.4. The van der Waals surface area contributed by atoms with Gasteiger partial charge in [-0.25, -0.2) is 0 Å². The smallest absolute Gasteiger partial charge is 0.0482 e. The molecule has 0 saturated carbocycles. The van der Waals surface area contributed by atoms with Crippen LogP contribution in [0.15, 0.2) is 115 Å². The number of rotatable bonds is 8. The van der Waals surface area contributed by atoms with Crippen molar-refractivity contribution in [2.24, 2.45) is 0 Å². The van der Waals surface area contributed by atoms with Gasteiger partial charge in [-0.3, -0.25) is 0 Å². The summed E-state index contributed by atoms with van der Waals surface area (Å²) < 4.78 is 0. The molecule has 2 nitrogen and oxygen atoms in total. The fraction of sp³-hybridized carbons (Fsp3) is 0.268. The van der Waals surface area contributed by atoms with E-state index in [4.69, 9.17) is 11.6 Å². The van der Waals surface area contributed by atoms with Crippen LogP contribution in [0.1, 0.15) is 82.6 Å². The van der Waals surface area contributed by atoms with Crippen molar-refractivity contribution in [2.75, 3.05) is 9.80 Å². The third kappa shape index (κ3) is 7.03. The van der Waals surface area contributed by atoms with Crippen LogP contribution in [0.4, 0.5) is 34.1 Å². The Balaban J connectivity index is 1.66. The molecule has 226 valence electrons. The Labute approximate surface area is 269 Å². The second-order valence-corrected chi connectivity index (χ2v) is 13.9. The molecule has 0 heterocycles. The Bertz CT molecular complexity index is 1620. The summed E-state index contributed by atoms with van der Waals surface area (Å²) in [5, 5.41) is 0.726. The molecule has 0 spiro atoms. The molecular formula is C41H45ClN2. The lowest BCUT2D eigenvalue weighted by Crippen LogP contribution is -2.14. The van der Waals surface area contributed by atoms with E-state index in [9.17, 15) is 0 Å². The summed E-state index contributed by atoms with van der Waals surface area (Å²) in [4.78, 5) is 4.65. The van der Waals surface area contributed by atoms with E-state index in [0.29, 0.717) is 11.8 Å². The maximum Gasteiger partial charge on any atom is 0.0482 e. The molecule has 0 N–H and O–H groups in total. The Hall–Kier alpha value is -4.01. The van der Waals surface area contributed by atoms with E-state index in [-0.39, 0.29) is 5.41 Å². The summed E-state index contributed by atoms with van der Waals surface area (Å²) in [5.74, 6) is 0.955. The molecule has 3 heteroatoms. The van der Waals surface area contributed by atoms with Crippen LogP contribution in [0.2, 0.25) is 5.02 Å². The van der Waals surface area contributed by atoms with Gasteiger partial charge in [0.25, 0.3) is 0 Å². The van der Waals surface area contributed by atoms with Gasteiger partial charge in [0.2, 0.25) is 0 Å². The Morgan fingerprint density at radius 1 is 0.500 bits per heavy atom. The highest BCUT2D eigenvalue weighted by molar-refractivity contribution is 6.31. The lowest BCUT2D eigenvalue weighted by molar-refractivity contribution is 0.590. The number of nitrogens with zero attached hydrogens (tertiary/aromatic N) is 2. The van der Waals surface area contributed by atoms with Gasteiger partial charge in [-0.05, 0) is 119 Å². The van der Waals surface area contributed by atoms with Gasteiger partial charge >= 0.3 is 0 Å². The monoisotopic (exact) mass is 600 g/mol. The average molecular weight is 601 g/mol. The minimum absolute atomic E-state index is 0.0760. The van der Waals surface area contributed by atoms with Crippen molar-refractivity contribution < 1.29 is 0 Å². The SMILES string of the molecule is Cc1cc(Cl)cc(N(c2ccc(C(C)(C)C)cc2)c2cccc(N(c3ccc(C(C)C)cc3)c3ccc(C(C)C)cc3)c2)c1. The largest absolute Gasteiger partial charge is 0.310 e. The van der Waals surface area contributed by atoms with Crippen LogP contribution in [0.5, 0.6) is 0 Å².